The van der Waals surface area contributed by atoms with Crippen LogP contribution in [0.2, 0.25) is 5.02 Å². The summed E-state index contributed by atoms with van der Waals surface area (Å²) in [4.78, 5) is 37.0. The third-order valence-corrected chi connectivity index (χ3v) is 5.25. The Bertz CT molecular complexity index is 841. The van der Waals surface area contributed by atoms with E-state index in [1.165, 1.54) is 18.7 Å². The van der Waals surface area contributed by atoms with Gasteiger partial charge in [0.25, 0.3) is 5.91 Å². The first-order valence-corrected chi connectivity index (χ1v) is 8.59. The second kappa shape index (κ2) is 6.20. The second-order valence-electron chi connectivity index (χ2n) is 5.53. The molecule has 1 atom stereocenters. The Balaban J connectivity index is 2.18. The van der Waals surface area contributed by atoms with Crippen LogP contribution in [-0.4, -0.2) is 34.4 Å². The number of carbonyl (C=O) groups excluding carboxylic acids is 3. The van der Waals surface area contributed by atoms with Gasteiger partial charge >= 0.3 is 0 Å². The quantitative estimate of drug-likeness (QED) is 0.798. The highest BCUT2D eigenvalue weighted by atomic mass is 35.5. The summed E-state index contributed by atoms with van der Waals surface area (Å²) in [7, 11) is 0. The standard InChI is InChI=1S/C16H15ClN4O3S/c1-4-7-20-13-6-5-11(17)8-12(13)16(14(20)24)21(10(3)23)19-15(25-16)18-9(2)22/h4-6,8H,1,7H2,2-3H3,(H,18,19,22)/t16-/m1/s1. The predicted octanol–water partition coefficient (Wildman–Crippen LogP) is 2.03. The van der Waals surface area contributed by atoms with Gasteiger partial charge in [-0.05, 0) is 30.0 Å². The second-order valence-corrected chi connectivity index (χ2v) is 7.15. The maximum atomic E-state index is 13.3. The number of nitrogens with one attached hydrogen (secondary N) is 1. The molecule has 2 aliphatic rings. The number of hydrazone groups is 1. The van der Waals surface area contributed by atoms with Gasteiger partial charge in [0.2, 0.25) is 16.7 Å². The molecule has 0 bridgehead atoms. The molecule has 1 N–H and O–H groups in total. The highest BCUT2D eigenvalue weighted by Gasteiger charge is 2.61. The van der Waals surface area contributed by atoms with Crippen LogP contribution in [0.1, 0.15) is 19.4 Å². The van der Waals surface area contributed by atoms with Crippen LogP contribution in [0.25, 0.3) is 0 Å². The summed E-state index contributed by atoms with van der Waals surface area (Å²) < 4.78 is 0. The minimum absolute atomic E-state index is 0.183. The zero-order valence-corrected chi connectivity index (χ0v) is 15.1. The van der Waals surface area contributed by atoms with Gasteiger partial charge in [0.05, 0.1) is 5.69 Å². The molecule has 0 unspecified atom stereocenters. The third kappa shape index (κ3) is 2.61. The fourth-order valence-corrected chi connectivity index (χ4v) is 4.39. The van der Waals surface area contributed by atoms with Gasteiger partial charge in [0.1, 0.15) is 0 Å². The van der Waals surface area contributed by atoms with Crippen molar-refractivity contribution in [2.75, 3.05) is 11.4 Å². The van der Waals surface area contributed by atoms with Crippen molar-refractivity contribution in [2.24, 2.45) is 5.10 Å². The highest BCUT2D eigenvalue weighted by molar-refractivity contribution is 8.15. The number of amidine groups is 1. The number of hydrogen-bond donors (Lipinski definition) is 1. The number of rotatable bonds is 2. The van der Waals surface area contributed by atoms with Crippen LogP contribution in [-0.2, 0) is 19.3 Å². The number of thioether (sulfide) groups is 1. The lowest BCUT2D eigenvalue weighted by Gasteiger charge is -2.29. The maximum absolute atomic E-state index is 13.3. The van der Waals surface area contributed by atoms with Gasteiger partial charge in [-0.15, -0.1) is 11.7 Å². The van der Waals surface area contributed by atoms with E-state index in [2.05, 4.69) is 17.0 Å². The van der Waals surface area contributed by atoms with Gasteiger partial charge in [-0.25, -0.2) is 0 Å². The number of nitrogens with zero attached hydrogens (tertiary/aromatic N) is 3. The van der Waals surface area contributed by atoms with E-state index < -0.39 is 10.8 Å². The number of fused-ring (bicyclic) bond motifs is 2. The molecule has 1 aromatic carbocycles. The lowest BCUT2D eigenvalue weighted by Crippen LogP contribution is -2.48. The van der Waals surface area contributed by atoms with Crippen LogP contribution in [0.15, 0.2) is 36.0 Å². The van der Waals surface area contributed by atoms with E-state index >= 15 is 0 Å². The fraction of sp³-hybridized carbons (Fsp3) is 0.250. The van der Waals surface area contributed by atoms with E-state index in [9.17, 15) is 14.4 Å². The summed E-state index contributed by atoms with van der Waals surface area (Å²) in [5.41, 5.74) is 1.18. The topological polar surface area (TPSA) is 82.1 Å². The molecule has 0 fully saturated rings. The van der Waals surface area contributed by atoms with Crippen molar-refractivity contribution >= 4 is 51.9 Å². The molecule has 1 aromatic rings. The van der Waals surface area contributed by atoms with Crippen LogP contribution in [0.3, 0.4) is 0 Å². The predicted molar refractivity (Wildman–Crippen MR) is 97.0 cm³/mol. The molecule has 1 spiro atoms. The van der Waals surface area contributed by atoms with Gasteiger partial charge in [0, 0.05) is 31.0 Å². The molecule has 0 radical (unpaired) electrons. The van der Waals surface area contributed by atoms with Crippen molar-refractivity contribution in [1.82, 2.24) is 10.3 Å². The summed E-state index contributed by atoms with van der Waals surface area (Å²) >= 11 is 7.15. The van der Waals surface area contributed by atoms with E-state index in [1.807, 2.05) is 0 Å². The first kappa shape index (κ1) is 17.5. The van der Waals surface area contributed by atoms with Crippen molar-refractivity contribution in [2.45, 2.75) is 18.7 Å². The summed E-state index contributed by atoms with van der Waals surface area (Å²) in [6.45, 7) is 6.60. The largest absolute Gasteiger partial charge is 0.305 e. The lowest BCUT2D eigenvalue weighted by atomic mass is 10.1. The molecule has 0 saturated heterocycles. The van der Waals surface area contributed by atoms with Gasteiger partial charge in [0.15, 0.2) is 5.17 Å². The Labute approximate surface area is 153 Å². The smallest absolute Gasteiger partial charge is 0.271 e. The Morgan fingerprint density at radius 3 is 2.76 bits per heavy atom. The molecule has 25 heavy (non-hydrogen) atoms. The lowest BCUT2D eigenvalue weighted by molar-refractivity contribution is -0.139. The Morgan fingerprint density at radius 2 is 2.16 bits per heavy atom. The molecule has 130 valence electrons. The molecule has 7 nitrogen and oxygen atoms in total. The number of amides is 3. The van der Waals surface area contributed by atoms with Crippen LogP contribution < -0.4 is 10.2 Å². The third-order valence-electron chi connectivity index (χ3n) is 3.78. The van der Waals surface area contributed by atoms with Gasteiger partial charge in [-0.2, -0.15) is 5.01 Å². The SMILES string of the molecule is C=CCN1C(=O)[C@]2(SC(NC(C)=O)=NN2C(C)=O)c2cc(Cl)ccc21. The first-order valence-electron chi connectivity index (χ1n) is 7.40. The molecule has 2 aliphatic heterocycles. The molecular formula is C16H15ClN4O3S. The number of benzene rings is 1. The van der Waals surface area contributed by atoms with E-state index in [0.717, 1.165) is 16.8 Å². The van der Waals surface area contributed by atoms with Crippen LogP contribution >= 0.6 is 23.4 Å². The monoisotopic (exact) mass is 378 g/mol. The number of hydrogen-bond acceptors (Lipinski definition) is 5. The first-order chi connectivity index (χ1) is 11.8. The minimum Gasteiger partial charge on any atom is -0.305 e. The number of halogens is 1. The van der Waals surface area contributed by atoms with Crippen LogP contribution in [0.5, 0.6) is 0 Å². The fourth-order valence-electron chi connectivity index (χ4n) is 2.89. The van der Waals surface area contributed by atoms with E-state index in [0.29, 0.717) is 16.3 Å². The Hall–Kier alpha value is -2.32. The summed E-state index contributed by atoms with van der Waals surface area (Å²) in [6.07, 6.45) is 1.60. The molecule has 0 saturated carbocycles. The molecule has 3 rings (SSSR count). The average molecular weight is 379 g/mol. The van der Waals surface area contributed by atoms with Gasteiger partial charge in [-0.3, -0.25) is 14.4 Å². The minimum atomic E-state index is -1.42. The summed E-state index contributed by atoms with van der Waals surface area (Å²) in [6, 6.07) is 5.05. The Kier molecular flexibility index (Phi) is 4.34. The van der Waals surface area contributed by atoms with Gasteiger partial charge in [-0.1, -0.05) is 17.7 Å². The van der Waals surface area contributed by atoms with E-state index in [4.69, 9.17) is 11.6 Å². The maximum Gasteiger partial charge on any atom is 0.271 e. The zero-order chi connectivity index (χ0) is 18.4. The Morgan fingerprint density at radius 1 is 1.44 bits per heavy atom. The number of carbonyl (C=O) groups is 3. The van der Waals surface area contributed by atoms with Crippen molar-refractivity contribution < 1.29 is 14.4 Å². The van der Waals surface area contributed by atoms with Crippen molar-refractivity contribution in [3.8, 4) is 0 Å². The van der Waals surface area contributed by atoms with Crippen molar-refractivity contribution in [3.05, 3.63) is 41.4 Å². The van der Waals surface area contributed by atoms with E-state index in [1.54, 1.807) is 24.3 Å². The van der Waals surface area contributed by atoms with Crippen molar-refractivity contribution in [3.63, 3.8) is 0 Å². The number of anilines is 1. The molecule has 9 heteroatoms. The van der Waals surface area contributed by atoms with Crippen LogP contribution in [0.4, 0.5) is 5.69 Å². The molecular weight excluding hydrogens is 364 g/mol. The van der Waals surface area contributed by atoms with Crippen LogP contribution in [0, 0.1) is 0 Å². The highest BCUT2D eigenvalue weighted by Crippen LogP contribution is 2.54. The van der Waals surface area contributed by atoms with Gasteiger partial charge < -0.3 is 10.2 Å². The molecule has 3 amide bonds. The van der Waals surface area contributed by atoms with Crippen molar-refractivity contribution in [1.29, 1.82) is 0 Å². The average Bonchev–Trinajstić information content (AvgIpc) is 3.00. The molecule has 0 aromatic heterocycles. The normalized spacial score (nSPS) is 21.4. The molecule has 2 heterocycles. The molecule has 0 aliphatic carbocycles. The summed E-state index contributed by atoms with van der Waals surface area (Å²) in [5, 5.41) is 8.42. The summed E-state index contributed by atoms with van der Waals surface area (Å²) in [5.74, 6) is -1.10. The van der Waals surface area contributed by atoms with E-state index in [-0.39, 0.29) is 23.5 Å². The zero-order valence-electron chi connectivity index (χ0n) is 13.6.